The first kappa shape index (κ1) is 23.4. The summed E-state index contributed by atoms with van der Waals surface area (Å²) in [6.45, 7) is 7.12. The summed E-state index contributed by atoms with van der Waals surface area (Å²) in [4.78, 5) is 13.5. The van der Waals surface area contributed by atoms with E-state index in [2.05, 4.69) is 57.3 Å². The van der Waals surface area contributed by atoms with Crippen molar-refractivity contribution in [1.82, 2.24) is 25.2 Å². The second kappa shape index (κ2) is 8.86. The van der Waals surface area contributed by atoms with Gasteiger partial charge in [-0.05, 0) is 48.6 Å². The minimum absolute atomic E-state index is 0.174. The Morgan fingerprint density at radius 2 is 2.00 bits per heavy atom. The molecule has 9 nitrogen and oxygen atoms in total. The van der Waals surface area contributed by atoms with Gasteiger partial charge in [-0.2, -0.15) is 5.21 Å². The number of benzene rings is 2. The van der Waals surface area contributed by atoms with Crippen molar-refractivity contribution >= 4 is 22.5 Å². The van der Waals surface area contributed by atoms with Gasteiger partial charge in [-0.15, -0.1) is 10.2 Å². The molecule has 1 aliphatic heterocycles. The molecule has 1 amide bonds. The Morgan fingerprint density at radius 1 is 1.19 bits per heavy atom. The van der Waals surface area contributed by atoms with Crippen molar-refractivity contribution in [3.05, 3.63) is 59.3 Å². The molecule has 4 aromatic rings. The standard InChI is InChI=1S/C27H29FN6O3/c1-27(2,3)23-12-17-10-19(18(28)13-20(17)34(23)9-8-24-30-32-33-31-24)29-26(35)25(15-4-5-15)16-6-7-21-22(11-16)37-14-36-21/h6-7,10-13,15,25H,4-5,8-9,14H2,1-3H3,(H,29,35)(H,30,31,32,33). The molecule has 2 aliphatic rings. The summed E-state index contributed by atoms with van der Waals surface area (Å²) in [5.41, 5.74) is 2.68. The van der Waals surface area contributed by atoms with Gasteiger partial charge in [0.1, 0.15) is 5.82 Å². The molecule has 37 heavy (non-hydrogen) atoms. The Labute approximate surface area is 213 Å². The summed E-state index contributed by atoms with van der Waals surface area (Å²) in [6, 6.07) is 10.9. The quantitative estimate of drug-likeness (QED) is 0.378. The molecule has 0 spiro atoms. The van der Waals surface area contributed by atoms with E-state index in [4.69, 9.17) is 9.47 Å². The maximum Gasteiger partial charge on any atom is 0.232 e. The lowest BCUT2D eigenvalue weighted by Crippen LogP contribution is -2.23. The number of fused-ring (bicyclic) bond motifs is 2. The number of halogens is 1. The van der Waals surface area contributed by atoms with Crippen molar-refractivity contribution in [1.29, 1.82) is 0 Å². The molecule has 6 rings (SSSR count). The average Bonchev–Trinajstić information content (AvgIpc) is 3.22. The van der Waals surface area contributed by atoms with Crippen molar-refractivity contribution in [3.63, 3.8) is 0 Å². The summed E-state index contributed by atoms with van der Waals surface area (Å²) >= 11 is 0. The minimum Gasteiger partial charge on any atom is -0.454 e. The fourth-order valence-corrected chi connectivity index (χ4v) is 5.13. The Morgan fingerprint density at radius 3 is 2.73 bits per heavy atom. The molecule has 1 unspecified atom stereocenters. The fourth-order valence-electron chi connectivity index (χ4n) is 5.13. The van der Waals surface area contributed by atoms with Gasteiger partial charge >= 0.3 is 0 Å². The number of ether oxygens (including phenoxy) is 2. The van der Waals surface area contributed by atoms with Gasteiger partial charge in [-0.25, -0.2) is 4.39 Å². The molecule has 1 saturated carbocycles. The van der Waals surface area contributed by atoms with Crippen molar-refractivity contribution in [3.8, 4) is 11.5 Å². The molecular formula is C27H29FN6O3. The van der Waals surface area contributed by atoms with Gasteiger partial charge in [-0.1, -0.05) is 32.1 Å². The van der Waals surface area contributed by atoms with Crippen LogP contribution in [0.25, 0.3) is 10.9 Å². The van der Waals surface area contributed by atoms with E-state index in [1.54, 1.807) is 6.07 Å². The smallest absolute Gasteiger partial charge is 0.232 e. The lowest BCUT2D eigenvalue weighted by Gasteiger charge is -2.22. The molecular weight excluding hydrogens is 475 g/mol. The number of carbonyl (C=O) groups is 1. The molecule has 2 aromatic heterocycles. The summed E-state index contributed by atoms with van der Waals surface area (Å²) < 4.78 is 28.5. The van der Waals surface area contributed by atoms with Crippen molar-refractivity contribution in [2.45, 2.75) is 57.9 Å². The second-order valence-electron chi connectivity index (χ2n) is 10.8. The van der Waals surface area contributed by atoms with Crippen LogP contribution in [-0.2, 0) is 23.2 Å². The van der Waals surface area contributed by atoms with Crippen LogP contribution < -0.4 is 14.8 Å². The highest BCUT2D eigenvalue weighted by molar-refractivity contribution is 5.98. The largest absolute Gasteiger partial charge is 0.454 e. The van der Waals surface area contributed by atoms with Gasteiger partial charge in [0.25, 0.3) is 0 Å². The summed E-state index contributed by atoms with van der Waals surface area (Å²) in [6.07, 6.45) is 2.49. The molecule has 2 N–H and O–H groups in total. The summed E-state index contributed by atoms with van der Waals surface area (Å²) in [5.74, 6) is 1.07. The lowest BCUT2D eigenvalue weighted by molar-refractivity contribution is -0.118. The number of aromatic amines is 1. The van der Waals surface area contributed by atoms with Gasteiger partial charge in [0.05, 0.1) is 17.1 Å². The Bertz CT molecular complexity index is 1470. The fraction of sp³-hybridized carbons (Fsp3) is 0.407. The lowest BCUT2D eigenvalue weighted by atomic mass is 9.92. The van der Waals surface area contributed by atoms with Crippen molar-refractivity contribution < 1.29 is 18.7 Å². The van der Waals surface area contributed by atoms with Gasteiger partial charge in [0.2, 0.25) is 12.7 Å². The third-order valence-corrected chi connectivity index (χ3v) is 7.10. The van der Waals surface area contributed by atoms with E-state index in [-0.39, 0.29) is 35.6 Å². The zero-order chi connectivity index (χ0) is 25.7. The van der Waals surface area contributed by atoms with Crippen LogP contribution in [0.1, 0.15) is 56.6 Å². The van der Waals surface area contributed by atoms with Crippen LogP contribution in [0.3, 0.4) is 0 Å². The van der Waals surface area contributed by atoms with Crippen LogP contribution >= 0.6 is 0 Å². The third kappa shape index (κ3) is 4.52. The normalized spacial score (nSPS) is 15.8. The number of carbonyl (C=O) groups excluding carboxylic acids is 1. The highest BCUT2D eigenvalue weighted by Gasteiger charge is 2.38. The van der Waals surface area contributed by atoms with Crippen LogP contribution in [-0.4, -0.2) is 37.9 Å². The van der Waals surface area contributed by atoms with E-state index in [9.17, 15) is 4.79 Å². The minimum atomic E-state index is -0.472. The molecule has 192 valence electrons. The second-order valence-corrected chi connectivity index (χ2v) is 10.8. The first-order valence-electron chi connectivity index (χ1n) is 12.5. The first-order valence-corrected chi connectivity index (χ1v) is 12.5. The number of amides is 1. The number of aromatic nitrogens is 5. The average molecular weight is 505 g/mol. The third-order valence-electron chi connectivity index (χ3n) is 7.10. The Hall–Kier alpha value is -3.95. The molecule has 0 radical (unpaired) electrons. The van der Waals surface area contributed by atoms with Gasteiger partial charge < -0.3 is 19.4 Å². The highest BCUT2D eigenvalue weighted by atomic mass is 19.1. The molecule has 1 aliphatic carbocycles. The maximum atomic E-state index is 15.4. The van der Waals surface area contributed by atoms with E-state index >= 15 is 4.39 Å². The number of H-pyrrole nitrogens is 1. The molecule has 10 heteroatoms. The Balaban J connectivity index is 1.31. The zero-order valence-corrected chi connectivity index (χ0v) is 21.0. The van der Waals surface area contributed by atoms with Crippen molar-refractivity contribution in [2.75, 3.05) is 12.1 Å². The molecule has 3 heterocycles. The first-order chi connectivity index (χ1) is 17.8. The number of hydrogen-bond acceptors (Lipinski definition) is 6. The zero-order valence-electron chi connectivity index (χ0n) is 21.0. The number of rotatable bonds is 7. The number of anilines is 1. The molecule has 2 aromatic carbocycles. The predicted molar refractivity (Wildman–Crippen MR) is 135 cm³/mol. The predicted octanol–water partition coefficient (Wildman–Crippen LogP) is 4.69. The van der Waals surface area contributed by atoms with Crippen molar-refractivity contribution in [2.24, 2.45) is 5.92 Å². The number of nitrogens with zero attached hydrogens (tertiary/aromatic N) is 4. The van der Waals surface area contributed by atoms with E-state index in [1.807, 2.05) is 18.2 Å². The van der Waals surface area contributed by atoms with Gasteiger partial charge in [0, 0.05) is 35.5 Å². The molecule has 0 bridgehead atoms. The van der Waals surface area contributed by atoms with Crippen LogP contribution in [0, 0.1) is 11.7 Å². The molecule has 1 fully saturated rings. The number of nitrogens with one attached hydrogen (secondary N) is 2. The maximum absolute atomic E-state index is 15.4. The van der Waals surface area contributed by atoms with Crippen LogP contribution in [0.15, 0.2) is 36.4 Å². The van der Waals surface area contributed by atoms with E-state index in [1.165, 1.54) is 6.07 Å². The highest BCUT2D eigenvalue weighted by Crippen LogP contribution is 2.45. The summed E-state index contributed by atoms with van der Waals surface area (Å²) in [5, 5.41) is 17.9. The summed E-state index contributed by atoms with van der Waals surface area (Å²) in [7, 11) is 0. The van der Waals surface area contributed by atoms with E-state index in [0.29, 0.717) is 30.3 Å². The van der Waals surface area contributed by atoms with Crippen LogP contribution in [0.4, 0.5) is 10.1 Å². The SMILES string of the molecule is CC(C)(C)c1cc2cc(NC(=O)C(c3ccc4c(c3)OCO4)C3CC3)c(F)cc2n1CCc1nn[nH]n1. The Kier molecular flexibility index (Phi) is 5.62. The number of hydrogen-bond donors (Lipinski definition) is 2. The van der Waals surface area contributed by atoms with E-state index in [0.717, 1.165) is 35.0 Å². The number of aryl methyl sites for hydroxylation is 2. The topological polar surface area (TPSA) is 107 Å². The van der Waals surface area contributed by atoms with E-state index < -0.39 is 5.82 Å². The number of tetrazole rings is 1. The van der Waals surface area contributed by atoms with Crippen LogP contribution in [0.2, 0.25) is 0 Å². The molecule has 1 atom stereocenters. The van der Waals surface area contributed by atoms with Gasteiger partial charge in [0.15, 0.2) is 17.3 Å². The van der Waals surface area contributed by atoms with Crippen LogP contribution in [0.5, 0.6) is 11.5 Å². The molecule has 0 saturated heterocycles. The monoisotopic (exact) mass is 504 g/mol. The van der Waals surface area contributed by atoms with Gasteiger partial charge in [-0.3, -0.25) is 4.79 Å².